The molecule has 2 nitrogen and oxygen atoms in total. The second-order valence-electron chi connectivity index (χ2n) is 13.4. The smallest absolute Gasteiger partial charge is 0.139 e. The Labute approximate surface area is 311 Å². The standard InChI is InChI=1S/C46H58O2S2/c1-5-9-11-13-15-17-19-21-23-35-31-37-33-39(49-29-7-3)25-27-41(37)43(45(35)47)44-42-28-26-40(50-30-8-4)34-38(42)32-36(46(44)48)24-22-20-18-16-14-12-10-6-2/h25-28,31-34,47-48H,5-20,29-30H2,1-4H3. The lowest BCUT2D eigenvalue weighted by molar-refractivity contribution is 0.468. The molecule has 0 heterocycles. The Morgan fingerprint density at radius 2 is 0.880 bits per heavy atom. The molecular formula is C46H58O2S2. The molecule has 0 amide bonds. The highest BCUT2D eigenvalue weighted by Gasteiger charge is 2.22. The number of benzene rings is 4. The summed E-state index contributed by atoms with van der Waals surface area (Å²) in [6, 6.07) is 17.0. The van der Waals surface area contributed by atoms with Crippen molar-refractivity contribution >= 4 is 45.1 Å². The quantitative estimate of drug-likeness (QED) is 0.0578. The van der Waals surface area contributed by atoms with Crippen LogP contribution in [-0.2, 0) is 0 Å². The van der Waals surface area contributed by atoms with Crippen molar-refractivity contribution in [1.29, 1.82) is 0 Å². The van der Waals surface area contributed by atoms with Gasteiger partial charge in [0.25, 0.3) is 0 Å². The summed E-state index contributed by atoms with van der Waals surface area (Å²) in [5.41, 5.74) is 2.49. The molecule has 0 aliphatic carbocycles. The first-order valence-corrected chi connectivity index (χ1v) is 21.3. The second-order valence-corrected chi connectivity index (χ2v) is 15.7. The molecular weight excluding hydrogens is 649 g/mol. The number of thioether (sulfide) groups is 2. The minimum absolute atomic E-state index is 0.125. The van der Waals surface area contributed by atoms with Crippen molar-refractivity contribution in [3.8, 4) is 46.3 Å². The number of phenols is 2. The van der Waals surface area contributed by atoms with Crippen molar-refractivity contribution in [3.63, 3.8) is 0 Å². The Morgan fingerprint density at radius 3 is 1.28 bits per heavy atom. The molecule has 4 aromatic rings. The Hall–Kier alpha value is -3.18. The van der Waals surface area contributed by atoms with E-state index in [0.29, 0.717) is 22.3 Å². The monoisotopic (exact) mass is 706 g/mol. The van der Waals surface area contributed by atoms with Gasteiger partial charge in [-0.05, 0) is 95.1 Å². The van der Waals surface area contributed by atoms with Crippen LogP contribution < -0.4 is 0 Å². The van der Waals surface area contributed by atoms with E-state index in [0.717, 1.165) is 71.6 Å². The van der Waals surface area contributed by atoms with Gasteiger partial charge in [0.15, 0.2) is 0 Å². The van der Waals surface area contributed by atoms with Crippen LogP contribution in [0.3, 0.4) is 0 Å². The summed E-state index contributed by atoms with van der Waals surface area (Å²) in [6.07, 6.45) is 18.5. The zero-order valence-corrected chi connectivity index (χ0v) is 32.7. The first-order chi connectivity index (χ1) is 24.5. The number of unbranched alkanes of at least 4 members (excludes halogenated alkanes) is 12. The van der Waals surface area contributed by atoms with E-state index in [4.69, 9.17) is 0 Å². The van der Waals surface area contributed by atoms with E-state index in [1.54, 1.807) is 0 Å². The van der Waals surface area contributed by atoms with Crippen LogP contribution in [0.25, 0.3) is 32.7 Å². The summed E-state index contributed by atoms with van der Waals surface area (Å²) < 4.78 is 0. The van der Waals surface area contributed by atoms with E-state index in [1.165, 1.54) is 74.0 Å². The maximum Gasteiger partial charge on any atom is 0.139 e. The van der Waals surface area contributed by atoms with Gasteiger partial charge in [-0.1, -0.05) is 128 Å². The van der Waals surface area contributed by atoms with Gasteiger partial charge in [-0.15, -0.1) is 23.5 Å². The van der Waals surface area contributed by atoms with Crippen LogP contribution in [0.1, 0.15) is 142 Å². The average molecular weight is 707 g/mol. The van der Waals surface area contributed by atoms with Gasteiger partial charge in [0, 0.05) is 33.8 Å². The molecule has 266 valence electrons. The number of fused-ring (bicyclic) bond motifs is 2. The van der Waals surface area contributed by atoms with Gasteiger partial charge < -0.3 is 10.2 Å². The minimum Gasteiger partial charge on any atom is -0.506 e. The maximum absolute atomic E-state index is 12.1. The van der Waals surface area contributed by atoms with Gasteiger partial charge in [0.2, 0.25) is 0 Å². The zero-order valence-electron chi connectivity index (χ0n) is 31.1. The summed E-state index contributed by atoms with van der Waals surface area (Å²) in [7, 11) is 0. The van der Waals surface area contributed by atoms with E-state index >= 15 is 0 Å². The molecule has 50 heavy (non-hydrogen) atoms. The summed E-state index contributed by atoms with van der Waals surface area (Å²) in [5.74, 6) is 15.8. The number of phenolic OH excluding ortho intramolecular Hbond substituents is 2. The molecule has 0 saturated carbocycles. The Morgan fingerprint density at radius 1 is 0.480 bits per heavy atom. The lowest BCUT2D eigenvalue weighted by Crippen LogP contribution is -1.93. The van der Waals surface area contributed by atoms with Crippen LogP contribution in [-0.4, -0.2) is 21.7 Å². The molecule has 0 radical (unpaired) electrons. The van der Waals surface area contributed by atoms with Gasteiger partial charge in [-0.25, -0.2) is 0 Å². The van der Waals surface area contributed by atoms with E-state index < -0.39 is 0 Å². The van der Waals surface area contributed by atoms with Crippen molar-refractivity contribution < 1.29 is 10.2 Å². The molecule has 0 bridgehead atoms. The third kappa shape index (κ3) is 11.4. The molecule has 0 spiro atoms. The van der Waals surface area contributed by atoms with Crippen LogP contribution in [0.15, 0.2) is 58.3 Å². The van der Waals surface area contributed by atoms with Crippen molar-refractivity contribution in [2.24, 2.45) is 0 Å². The van der Waals surface area contributed by atoms with Gasteiger partial charge in [0.1, 0.15) is 11.5 Å². The summed E-state index contributed by atoms with van der Waals surface area (Å²) >= 11 is 3.69. The molecule has 2 N–H and O–H groups in total. The van der Waals surface area contributed by atoms with Gasteiger partial charge >= 0.3 is 0 Å². The lowest BCUT2D eigenvalue weighted by atomic mass is 9.89. The summed E-state index contributed by atoms with van der Waals surface area (Å²) in [5, 5.41) is 28.0. The maximum atomic E-state index is 12.1. The molecule has 4 aromatic carbocycles. The highest BCUT2D eigenvalue weighted by atomic mass is 32.2. The second kappa shape index (κ2) is 21.9. The van der Waals surface area contributed by atoms with Crippen molar-refractivity contribution in [1.82, 2.24) is 0 Å². The molecule has 0 aromatic heterocycles. The van der Waals surface area contributed by atoms with E-state index in [1.807, 2.05) is 35.7 Å². The Bertz CT molecular complexity index is 1670. The van der Waals surface area contributed by atoms with E-state index in [9.17, 15) is 10.2 Å². The van der Waals surface area contributed by atoms with Gasteiger partial charge in [-0.3, -0.25) is 0 Å². The average Bonchev–Trinajstić information content (AvgIpc) is 3.13. The molecule has 0 aliphatic rings. The fourth-order valence-corrected chi connectivity index (χ4v) is 8.00. The largest absolute Gasteiger partial charge is 0.506 e. The van der Waals surface area contributed by atoms with Gasteiger partial charge in [-0.2, -0.15) is 0 Å². The number of rotatable bonds is 19. The fourth-order valence-electron chi connectivity index (χ4n) is 6.37. The zero-order chi connectivity index (χ0) is 35.6. The van der Waals surface area contributed by atoms with Gasteiger partial charge in [0.05, 0.1) is 11.1 Å². The van der Waals surface area contributed by atoms with Crippen molar-refractivity contribution in [2.75, 3.05) is 11.5 Å². The van der Waals surface area contributed by atoms with Crippen LogP contribution in [0, 0.1) is 23.7 Å². The molecule has 0 fully saturated rings. The first-order valence-electron chi connectivity index (χ1n) is 19.3. The topological polar surface area (TPSA) is 40.5 Å². The van der Waals surface area contributed by atoms with Crippen LogP contribution in [0.5, 0.6) is 11.5 Å². The fraction of sp³-hybridized carbons (Fsp3) is 0.478. The summed E-state index contributed by atoms with van der Waals surface area (Å²) in [6.45, 7) is 8.89. The third-order valence-electron chi connectivity index (χ3n) is 9.12. The molecule has 4 rings (SSSR count). The van der Waals surface area contributed by atoms with Crippen LogP contribution in [0.2, 0.25) is 0 Å². The Kier molecular flexibility index (Phi) is 17.4. The number of aromatic hydroxyl groups is 2. The normalized spacial score (nSPS) is 11.0. The highest BCUT2D eigenvalue weighted by Crippen LogP contribution is 2.48. The third-order valence-corrected chi connectivity index (χ3v) is 11.5. The number of hydrogen-bond donors (Lipinski definition) is 2. The molecule has 0 unspecified atom stereocenters. The first kappa shape index (κ1) is 39.6. The minimum atomic E-state index is 0.125. The summed E-state index contributed by atoms with van der Waals surface area (Å²) in [4.78, 5) is 2.39. The van der Waals surface area contributed by atoms with E-state index in [2.05, 4.69) is 87.8 Å². The predicted molar refractivity (Wildman–Crippen MR) is 222 cm³/mol. The van der Waals surface area contributed by atoms with Crippen LogP contribution in [0.4, 0.5) is 0 Å². The highest BCUT2D eigenvalue weighted by molar-refractivity contribution is 7.99. The van der Waals surface area contributed by atoms with E-state index in [-0.39, 0.29) is 11.5 Å². The Balaban J connectivity index is 1.83. The van der Waals surface area contributed by atoms with Crippen molar-refractivity contribution in [2.45, 2.75) is 140 Å². The van der Waals surface area contributed by atoms with Crippen LogP contribution >= 0.6 is 23.5 Å². The molecule has 4 heteroatoms. The molecule has 0 aliphatic heterocycles. The predicted octanol–water partition coefficient (Wildman–Crippen LogP) is 14.3. The number of hydrogen-bond acceptors (Lipinski definition) is 4. The SMILES string of the molecule is CCCCCCCCC#Cc1cc2cc(SCCC)ccc2c(-c2c(O)c(C#CCCCCCCCC)cc3cc(SCCC)ccc23)c1O. The molecule has 0 atom stereocenters. The van der Waals surface area contributed by atoms with Crippen molar-refractivity contribution in [3.05, 3.63) is 59.7 Å². The lowest BCUT2D eigenvalue weighted by Gasteiger charge is -2.18. The molecule has 0 saturated heterocycles.